The van der Waals surface area contributed by atoms with Crippen molar-refractivity contribution in [3.8, 4) is 0 Å². The van der Waals surface area contributed by atoms with Crippen LogP contribution < -0.4 is 4.72 Å². The third-order valence-corrected chi connectivity index (χ3v) is 5.71. The molecule has 4 nitrogen and oxygen atoms in total. The van der Waals surface area contributed by atoms with Gasteiger partial charge in [0.05, 0.1) is 21.8 Å². The summed E-state index contributed by atoms with van der Waals surface area (Å²) in [6.07, 6.45) is 0. The molecule has 0 aromatic heterocycles. The third kappa shape index (κ3) is 3.77. The van der Waals surface area contributed by atoms with E-state index in [4.69, 9.17) is 28.3 Å². The van der Waals surface area contributed by atoms with Crippen molar-refractivity contribution in [1.29, 1.82) is 0 Å². The summed E-state index contributed by atoms with van der Waals surface area (Å²) in [6, 6.07) is 4.18. The molecule has 0 saturated heterocycles. The number of nitrogens with one attached hydrogen (secondary N) is 1. The van der Waals surface area contributed by atoms with Crippen molar-refractivity contribution >= 4 is 54.8 Å². The normalized spacial score (nSPS) is 11.6. The van der Waals surface area contributed by atoms with Gasteiger partial charge >= 0.3 is 0 Å². The molecular weight excluding hydrogens is 439 g/mol. The molecule has 0 radical (unpaired) electrons. The van der Waals surface area contributed by atoms with Gasteiger partial charge in [0.25, 0.3) is 10.0 Å². The van der Waals surface area contributed by atoms with Crippen molar-refractivity contribution in [3.63, 3.8) is 0 Å². The fraction of sp³-hybridized carbons (Fsp3) is 0.0769. The molecule has 10 heteroatoms. The van der Waals surface area contributed by atoms with Crippen LogP contribution in [-0.4, -0.2) is 13.5 Å². The Kier molecular flexibility index (Phi) is 5.52. The van der Waals surface area contributed by atoms with Gasteiger partial charge in [-0.15, -0.1) is 0 Å². The molecule has 0 amide bonds. The molecule has 0 aliphatic rings. The molecule has 124 valence electrons. The van der Waals surface area contributed by atoms with Gasteiger partial charge in [-0.25, -0.2) is 17.2 Å². The number of hydrogen-bond donors (Lipinski definition) is 2. The van der Waals surface area contributed by atoms with Gasteiger partial charge < -0.3 is 5.11 Å². The molecule has 0 fully saturated rings. The van der Waals surface area contributed by atoms with Crippen molar-refractivity contribution < 1.29 is 22.3 Å². The zero-order valence-electron chi connectivity index (χ0n) is 11.1. The fourth-order valence-corrected chi connectivity index (χ4v) is 4.06. The predicted molar refractivity (Wildman–Crippen MR) is 87.3 cm³/mol. The zero-order chi connectivity index (χ0) is 17.4. The molecule has 0 saturated carbocycles. The minimum absolute atomic E-state index is 0.0274. The maximum Gasteiger partial charge on any atom is 0.263 e. The van der Waals surface area contributed by atoms with Crippen molar-refractivity contribution in [2.24, 2.45) is 0 Å². The van der Waals surface area contributed by atoms with E-state index in [2.05, 4.69) is 15.9 Å². The first kappa shape index (κ1) is 18.4. The smallest absolute Gasteiger partial charge is 0.263 e. The Balaban J connectivity index is 2.53. The van der Waals surface area contributed by atoms with Gasteiger partial charge in [-0.3, -0.25) is 4.72 Å². The van der Waals surface area contributed by atoms with Crippen LogP contribution in [0.1, 0.15) is 5.56 Å². The Bertz CT molecular complexity index is 878. The fourth-order valence-electron chi connectivity index (χ4n) is 1.73. The minimum atomic E-state index is -4.31. The van der Waals surface area contributed by atoms with Crippen molar-refractivity contribution in [1.82, 2.24) is 0 Å². The third-order valence-electron chi connectivity index (χ3n) is 2.82. The summed E-state index contributed by atoms with van der Waals surface area (Å²) in [5.41, 5.74) is -0.375. The van der Waals surface area contributed by atoms with Gasteiger partial charge in [0.2, 0.25) is 0 Å². The molecule has 2 aromatic rings. The van der Waals surface area contributed by atoms with E-state index in [0.717, 1.165) is 18.2 Å². The number of aliphatic hydroxyl groups is 1. The van der Waals surface area contributed by atoms with Crippen LogP contribution >= 0.6 is 39.1 Å². The van der Waals surface area contributed by atoms with Gasteiger partial charge in [-0.2, -0.15) is 0 Å². The molecule has 0 bridgehead atoms. The minimum Gasteiger partial charge on any atom is -0.392 e. The second-order valence-electron chi connectivity index (χ2n) is 4.36. The summed E-state index contributed by atoms with van der Waals surface area (Å²) in [7, 11) is -4.31. The lowest BCUT2D eigenvalue weighted by Crippen LogP contribution is -2.15. The first-order chi connectivity index (χ1) is 10.7. The van der Waals surface area contributed by atoms with Gasteiger partial charge in [0.15, 0.2) is 5.82 Å². The molecule has 0 aliphatic carbocycles. The standard InChI is InChI=1S/C13H8BrCl2F2NO3S/c14-11-8(17)1-2-9(13(11)18)19-23(21,22)10-4-7(15)3-6(5-20)12(10)16/h1-4,19-20H,5H2. The van der Waals surface area contributed by atoms with Gasteiger partial charge in [0.1, 0.15) is 10.7 Å². The predicted octanol–water partition coefficient (Wildman–Crippen LogP) is 4.33. The van der Waals surface area contributed by atoms with E-state index < -0.39 is 43.3 Å². The van der Waals surface area contributed by atoms with Crippen LogP contribution in [0.15, 0.2) is 33.6 Å². The topological polar surface area (TPSA) is 66.4 Å². The summed E-state index contributed by atoms with van der Waals surface area (Å²) in [4.78, 5) is -0.435. The summed E-state index contributed by atoms with van der Waals surface area (Å²) in [5.74, 6) is -2.00. The Labute approximate surface area is 149 Å². The van der Waals surface area contributed by atoms with Crippen LogP contribution in [0, 0.1) is 11.6 Å². The van der Waals surface area contributed by atoms with Gasteiger partial charge in [-0.1, -0.05) is 23.2 Å². The molecule has 0 heterocycles. The number of sulfonamides is 1. The van der Waals surface area contributed by atoms with E-state index in [0.29, 0.717) is 0 Å². The average Bonchev–Trinajstić information content (AvgIpc) is 2.49. The lowest BCUT2D eigenvalue weighted by atomic mass is 10.2. The maximum atomic E-state index is 13.9. The highest BCUT2D eigenvalue weighted by molar-refractivity contribution is 9.10. The van der Waals surface area contributed by atoms with E-state index in [1.54, 1.807) is 0 Å². The molecule has 2 N–H and O–H groups in total. The number of rotatable bonds is 4. The molecule has 0 spiro atoms. The number of hydrogen-bond acceptors (Lipinski definition) is 3. The summed E-state index contributed by atoms with van der Waals surface area (Å²) >= 11 is 14.4. The SMILES string of the molecule is O=S(=O)(Nc1ccc(F)c(Br)c1F)c1cc(Cl)cc(CO)c1Cl. The van der Waals surface area contributed by atoms with Crippen LogP contribution in [0.5, 0.6) is 0 Å². The van der Waals surface area contributed by atoms with Crippen LogP contribution in [0.4, 0.5) is 14.5 Å². The zero-order valence-corrected chi connectivity index (χ0v) is 15.0. The lowest BCUT2D eigenvalue weighted by Gasteiger charge is -2.13. The summed E-state index contributed by atoms with van der Waals surface area (Å²) in [6.45, 7) is -0.529. The second kappa shape index (κ2) is 6.90. The van der Waals surface area contributed by atoms with Crippen LogP contribution in [0.3, 0.4) is 0 Å². The van der Waals surface area contributed by atoms with Crippen LogP contribution in [-0.2, 0) is 16.6 Å². The van der Waals surface area contributed by atoms with Crippen molar-refractivity contribution in [3.05, 3.63) is 56.0 Å². The van der Waals surface area contributed by atoms with Crippen molar-refractivity contribution in [2.45, 2.75) is 11.5 Å². The Hall–Kier alpha value is -0.930. The molecular formula is C13H8BrCl2F2NO3S. The summed E-state index contributed by atoms with van der Waals surface area (Å²) in [5, 5.41) is 8.95. The highest BCUT2D eigenvalue weighted by Crippen LogP contribution is 2.32. The van der Waals surface area contributed by atoms with Gasteiger partial charge in [0, 0.05) is 5.02 Å². The highest BCUT2D eigenvalue weighted by Gasteiger charge is 2.23. The highest BCUT2D eigenvalue weighted by atomic mass is 79.9. The molecule has 0 unspecified atom stereocenters. The van der Waals surface area contributed by atoms with Crippen LogP contribution in [0.2, 0.25) is 10.0 Å². The molecule has 2 rings (SSSR count). The number of aliphatic hydroxyl groups excluding tert-OH is 1. The first-order valence-corrected chi connectivity index (χ1v) is 8.95. The van der Waals surface area contributed by atoms with Gasteiger partial charge in [-0.05, 0) is 45.8 Å². The number of anilines is 1. The van der Waals surface area contributed by atoms with Crippen LogP contribution in [0.25, 0.3) is 0 Å². The van der Waals surface area contributed by atoms with E-state index in [1.165, 1.54) is 6.07 Å². The Morgan fingerprint density at radius 2 is 1.87 bits per heavy atom. The summed E-state index contributed by atoms with van der Waals surface area (Å²) < 4.78 is 53.3. The largest absolute Gasteiger partial charge is 0.392 e. The Morgan fingerprint density at radius 3 is 2.48 bits per heavy atom. The monoisotopic (exact) mass is 445 g/mol. The second-order valence-corrected chi connectivity index (χ2v) is 7.62. The molecule has 23 heavy (non-hydrogen) atoms. The number of benzene rings is 2. The Morgan fingerprint density at radius 1 is 1.22 bits per heavy atom. The van der Waals surface area contributed by atoms with E-state index >= 15 is 0 Å². The molecule has 0 atom stereocenters. The quantitative estimate of drug-likeness (QED) is 0.687. The maximum absolute atomic E-state index is 13.9. The van der Waals surface area contributed by atoms with E-state index in [9.17, 15) is 17.2 Å². The van der Waals surface area contributed by atoms with E-state index in [-0.39, 0.29) is 15.6 Å². The van der Waals surface area contributed by atoms with E-state index in [1.807, 2.05) is 4.72 Å². The average molecular weight is 447 g/mol. The number of halogens is 5. The van der Waals surface area contributed by atoms with Crippen molar-refractivity contribution in [2.75, 3.05) is 4.72 Å². The molecule has 2 aromatic carbocycles. The molecule has 0 aliphatic heterocycles. The lowest BCUT2D eigenvalue weighted by molar-refractivity contribution is 0.281. The first-order valence-electron chi connectivity index (χ1n) is 5.92.